The van der Waals surface area contributed by atoms with E-state index in [0.29, 0.717) is 13.2 Å². The fourth-order valence-electron chi connectivity index (χ4n) is 1.66. The normalized spacial score (nSPS) is 9.58. The summed E-state index contributed by atoms with van der Waals surface area (Å²) in [7, 11) is 0. The van der Waals surface area contributed by atoms with Crippen LogP contribution in [0, 0.1) is 18.8 Å². The van der Waals surface area contributed by atoms with E-state index in [4.69, 9.17) is 10.5 Å². The van der Waals surface area contributed by atoms with Crippen LogP contribution in [0.5, 0.6) is 5.75 Å². The summed E-state index contributed by atoms with van der Waals surface area (Å²) >= 11 is 0. The van der Waals surface area contributed by atoms with Crippen molar-refractivity contribution < 1.29 is 4.74 Å². The summed E-state index contributed by atoms with van der Waals surface area (Å²) in [6.07, 6.45) is 3.53. The number of ether oxygens (including phenoxy) is 1. The van der Waals surface area contributed by atoms with Crippen LogP contribution in [0.2, 0.25) is 0 Å². The lowest BCUT2D eigenvalue weighted by Gasteiger charge is -2.09. The van der Waals surface area contributed by atoms with E-state index in [1.807, 2.05) is 37.3 Å². The van der Waals surface area contributed by atoms with Gasteiger partial charge >= 0.3 is 0 Å². The first-order valence-electron chi connectivity index (χ1n) is 6.11. The van der Waals surface area contributed by atoms with Gasteiger partial charge in [0, 0.05) is 18.0 Å². The van der Waals surface area contributed by atoms with Crippen LogP contribution in [0.25, 0.3) is 0 Å². The van der Waals surface area contributed by atoms with E-state index in [0.717, 1.165) is 22.4 Å². The van der Waals surface area contributed by atoms with E-state index in [-0.39, 0.29) is 0 Å². The minimum absolute atomic E-state index is 0.343. The molecule has 0 saturated carbocycles. The summed E-state index contributed by atoms with van der Waals surface area (Å²) in [4.78, 5) is 4.06. The number of hydrogen-bond donors (Lipinski definition) is 1. The molecule has 19 heavy (non-hydrogen) atoms. The second-order valence-electron chi connectivity index (χ2n) is 4.16. The molecule has 2 rings (SSSR count). The zero-order chi connectivity index (χ0) is 13.5. The van der Waals surface area contributed by atoms with Crippen LogP contribution in [0.3, 0.4) is 0 Å². The molecule has 96 valence electrons. The van der Waals surface area contributed by atoms with Gasteiger partial charge in [0.1, 0.15) is 12.4 Å². The van der Waals surface area contributed by atoms with Gasteiger partial charge in [-0.25, -0.2) is 0 Å². The molecular formula is C16H16N2O. The second-order valence-corrected chi connectivity index (χ2v) is 4.16. The Morgan fingerprint density at radius 2 is 2.21 bits per heavy atom. The number of aromatic nitrogens is 1. The highest BCUT2D eigenvalue weighted by molar-refractivity contribution is 5.48. The summed E-state index contributed by atoms with van der Waals surface area (Å²) in [6.45, 7) is 2.85. The van der Waals surface area contributed by atoms with Crippen LogP contribution in [-0.4, -0.2) is 11.5 Å². The largest absolute Gasteiger partial charge is 0.488 e. The van der Waals surface area contributed by atoms with Crippen LogP contribution in [0.4, 0.5) is 0 Å². The molecular weight excluding hydrogens is 236 g/mol. The number of aryl methyl sites for hydroxylation is 1. The molecule has 0 atom stereocenters. The Balaban J connectivity index is 2.15. The first-order valence-corrected chi connectivity index (χ1v) is 6.11. The van der Waals surface area contributed by atoms with Crippen molar-refractivity contribution in [3.8, 4) is 17.6 Å². The molecule has 1 heterocycles. The molecule has 1 aromatic carbocycles. The van der Waals surface area contributed by atoms with Crippen molar-refractivity contribution in [2.45, 2.75) is 13.5 Å². The summed E-state index contributed by atoms with van der Waals surface area (Å²) in [5.74, 6) is 6.66. The Morgan fingerprint density at radius 1 is 1.32 bits per heavy atom. The molecule has 2 N–H and O–H groups in total. The van der Waals surface area contributed by atoms with Gasteiger partial charge in [-0.1, -0.05) is 24.0 Å². The number of hydrogen-bond acceptors (Lipinski definition) is 3. The third kappa shape index (κ3) is 3.84. The van der Waals surface area contributed by atoms with Gasteiger partial charge in [-0.05, 0) is 30.7 Å². The predicted molar refractivity (Wildman–Crippen MR) is 75.7 cm³/mol. The molecule has 0 radical (unpaired) electrons. The maximum Gasteiger partial charge on any atom is 0.135 e. The van der Waals surface area contributed by atoms with Gasteiger partial charge in [-0.15, -0.1) is 0 Å². The topological polar surface area (TPSA) is 48.1 Å². The minimum Gasteiger partial charge on any atom is -0.488 e. The van der Waals surface area contributed by atoms with E-state index >= 15 is 0 Å². The van der Waals surface area contributed by atoms with Crippen LogP contribution in [0.15, 0.2) is 42.7 Å². The van der Waals surface area contributed by atoms with Crippen LogP contribution >= 0.6 is 0 Å². The number of rotatable bonds is 3. The molecule has 0 unspecified atom stereocenters. The molecule has 3 heteroatoms. The van der Waals surface area contributed by atoms with Gasteiger partial charge in [0.15, 0.2) is 0 Å². The van der Waals surface area contributed by atoms with Crippen molar-refractivity contribution in [3.05, 3.63) is 59.4 Å². The van der Waals surface area contributed by atoms with Crippen molar-refractivity contribution >= 4 is 0 Å². The minimum atomic E-state index is 0.343. The highest BCUT2D eigenvalue weighted by Crippen LogP contribution is 2.20. The van der Waals surface area contributed by atoms with Gasteiger partial charge in [0.25, 0.3) is 0 Å². The highest BCUT2D eigenvalue weighted by atomic mass is 16.5. The lowest BCUT2D eigenvalue weighted by atomic mass is 10.1. The molecule has 1 aromatic heterocycles. The van der Waals surface area contributed by atoms with Crippen LogP contribution < -0.4 is 10.5 Å². The third-order valence-corrected chi connectivity index (χ3v) is 2.58. The number of benzene rings is 1. The standard InChI is InChI=1S/C16H16N2O/c1-13-6-7-16(15(10-13)5-2-8-17)19-12-14-4-3-9-18-11-14/h3-4,6-7,9-11H,8,12,17H2,1H3. The lowest BCUT2D eigenvalue weighted by Crippen LogP contribution is -1.98. The van der Waals surface area contributed by atoms with E-state index in [2.05, 4.69) is 16.8 Å². The Labute approximate surface area is 113 Å². The second kappa shape index (κ2) is 6.58. The van der Waals surface area contributed by atoms with E-state index in [1.165, 1.54) is 0 Å². The lowest BCUT2D eigenvalue weighted by molar-refractivity contribution is 0.305. The van der Waals surface area contributed by atoms with Gasteiger partial charge < -0.3 is 10.5 Å². The first kappa shape index (κ1) is 13.1. The smallest absolute Gasteiger partial charge is 0.135 e. The van der Waals surface area contributed by atoms with Crippen LogP contribution in [-0.2, 0) is 6.61 Å². The van der Waals surface area contributed by atoms with Crippen molar-refractivity contribution in [1.29, 1.82) is 0 Å². The quantitative estimate of drug-likeness (QED) is 0.852. The molecule has 0 aliphatic carbocycles. The molecule has 0 amide bonds. The molecule has 0 aliphatic rings. The molecule has 0 bridgehead atoms. The van der Waals surface area contributed by atoms with Crippen LogP contribution in [0.1, 0.15) is 16.7 Å². The zero-order valence-electron chi connectivity index (χ0n) is 10.9. The first-order chi connectivity index (χ1) is 9.29. The molecule has 3 nitrogen and oxygen atoms in total. The maximum atomic E-state index is 5.79. The summed E-state index contributed by atoms with van der Waals surface area (Å²) < 4.78 is 5.79. The fraction of sp³-hybridized carbons (Fsp3) is 0.188. The average molecular weight is 252 g/mol. The van der Waals surface area contributed by atoms with E-state index in [1.54, 1.807) is 12.4 Å². The fourth-order valence-corrected chi connectivity index (χ4v) is 1.66. The Hall–Kier alpha value is -2.31. The van der Waals surface area contributed by atoms with Gasteiger partial charge in [0.05, 0.1) is 12.1 Å². The predicted octanol–water partition coefficient (Wildman–Crippen LogP) is 2.28. The number of nitrogens with zero attached hydrogens (tertiary/aromatic N) is 1. The third-order valence-electron chi connectivity index (χ3n) is 2.58. The van der Waals surface area contributed by atoms with Crippen molar-refractivity contribution in [3.63, 3.8) is 0 Å². The van der Waals surface area contributed by atoms with Crippen molar-refractivity contribution in [1.82, 2.24) is 4.98 Å². The Kier molecular flexibility index (Phi) is 4.54. The average Bonchev–Trinajstić information content (AvgIpc) is 2.45. The molecule has 0 aliphatic heterocycles. The monoisotopic (exact) mass is 252 g/mol. The maximum absolute atomic E-state index is 5.79. The van der Waals surface area contributed by atoms with Gasteiger partial charge in [0.2, 0.25) is 0 Å². The summed E-state index contributed by atoms with van der Waals surface area (Å²) in [6, 6.07) is 9.81. The highest BCUT2D eigenvalue weighted by Gasteiger charge is 2.02. The summed E-state index contributed by atoms with van der Waals surface area (Å²) in [5, 5.41) is 0. The number of pyridine rings is 1. The van der Waals surface area contributed by atoms with Crippen molar-refractivity contribution in [2.24, 2.45) is 5.73 Å². The zero-order valence-corrected chi connectivity index (χ0v) is 10.9. The van der Waals surface area contributed by atoms with Gasteiger partial charge in [-0.3, -0.25) is 4.98 Å². The van der Waals surface area contributed by atoms with Crippen molar-refractivity contribution in [2.75, 3.05) is 6.54 Å². The van der Waals surface area contributed by atoms with Gasteiger partial charge in [-0.2, -0.15) is 0 Å². The SMILES string of the molecule is Cc1ccc(OCc2cccnc2)c(C#CCN)c1. The summed E-state index contributed by atoms with van der Waals surface area (Å²) in [5.41, 5.74) is 8.45. The Morgan fingerprint density at radius 3 is 2.95 bits per heavy atom. The Bertz CT molecular complexity index is 597. The van der Waals surface area contributed by atoms with E-state index in [9.17, 15) is 0 Å². The molecule has 0 saturated heterocycles. The molecule has 0 fully saturated rings. The van der Waals surface area contributed by atoms with E-state index < -0.39 is 0 Å². The number of nitrogens with two attached hydrogens (primary N) is 1. The molecule has 0 spiro atoms. The molecule has 2 aromatic rings.